The molecule has 0 saturated carbocycles. The summed E-state index contributed by atoms with van der Waals surface area (Å²) < 4.78 is 11.1. The van der Waals surface area contributed by atoms with E-state index in [2.05, 4.69) is 31.2 Å². The number of amides is 1. The zero-order valence-corrected chi connectivity index (χ0v) is 26.5. The molecule has 1 aromatic carbocycles. The summed E-state index contributed by atoms with van der Waals surface area (Å²) >= 11 is 13.9. The van der Waals surface area contributed by atoms with Crippen LogP contribution in [-0.2, 0) is 17.9 Å². The zero-order valence-electron chi connectivity index (χ0n) is 25.0. The summed E-state index contributed by atoms with van der Waals surface area (Å²) in [6.45, 7) is 2.19. The highest BCUT2D eigenvalue weighted by molar-refractivity contribution is 6.39. The molecule has 1 unspecified atom stereocenters. The molecule has 1 aliphatic rings. The lowest BCUT2D eigenvalue weighted by Crippen LogP contribution is -2.35. The van der Waals surface area contributed by atoms with Crippen LogP contribution in [0.3, 0.4) is 0 Å². The van der Waals surface area contributed by atoms with Crippen LogP contribution < -0.4 is 30.7 Å². The molecule has 0 radical (unpaired) electrons. The van der Waals surface area contributed by atoms with Crippen molar-refractivity contribution in [2.24, 2.45) is 0 Å². The molecule has 1 fully saturated rings. The van der Waals surface area contributed by atoms with Gasteiger partial charge in [-0.05, 0) is 36.8 Å². The highest BCUT2D eigenvalue weighted by Gasteiger charge is 2.21. The number of rotatable bonds is 14. The number of ether oxygens (including phenoxy) is 2. The predicted octanol–water partition coefficient (Wildman–Crippen LogP) is 4.72. The minimum absolute atomic E-state index is 0.0388. The van der Waals surface area contributed by atoms with Crippen LogP contribution in [0.2, 0.25) is 10.0 Å². The van der Waals surface area contributed by atoms with E-state index in [0.29, 0.717) is 88.3 Å². The van der Waals surface area contributed by atoms with Crippen LogP contribution in [0.25, 0.3) is 22.5 Å². The van der Waals surface area contributed by atoms with Crippen molar-refractivity contribution >= 4 is 40.6 Å². The molecule has 45 heavy (non-hydrogen) atoms. The summed E-state index contributed by atoms with van der Waals surface area (Å²) in [6, 6.07) is 15.0. The highest BCUT2D eigenvalue weighted by Crippen LogP contribution is 2.41. The number of aromatic nitrogens is 3. The minimum atomic E-state index is 0.0388. The second-order valence-corrected chi connectivity index (χ2v) is 11.1. The molecule has 0 aliphatic carbocycles. The third kappa shape index (κ3) is 7.81. The Bertz CT molecular complexity index is 1660. The molecule has 13 heteroatoms. The second kappa shape index (κ2) is 15.3. The molecule has 1 saturated heterocycles. The van der Waals surface area contributed by atoms with E-state index in [4.69, 9.17) is 42.8 Å². The second-order valence-electron chi connectivity index (χ2n) is 10.4. The lowest BCUT2D eigenvalue weighted by atomic mass is 10.1. The number of nitrogens with one attached hydrogen (secondary N) is 4. The number of halogens is 2. The summed E-state index contributed by atoms with van der Waals surface area (Å²) in [5.41, 5.74) is 4.66. The number of aliphatic hydroxyl groups is 1. The molecule has 0 spiro atoms. The number of anilines is 2. The fraction of sp³-hybridized carbons (Fsp3) is 0.312. The third-order valence-electron chi connectivity index (χ3n) is 7.33. The average molecular weight is 653 g/mol. The van der Waals surface area contributed by atoms with Gasteiger partial charge in [-0.25, -0.2) is 9.97 Å². The van der Waals surface area contributed by atoms with E-state index < -0.39 is 0 Å². The number of nitrogens with zero attached hydrogens (tertiary/aromatic N) is 3. The predicted molar refractivity (Wildman–Crippen MR) is 175 cm³/mol. The van der Waals surface area contributed by atoms with E-state index in [1.165, 1.54) is 0 Å². The zero-order chi connectivity index (χ0) is 31.8. The number of aliphatic hydroxyl groups excluding tert-OH is 1. The molecule has 236 valence electrons. The number of carbonyl (C=O) groups is 1. The van der Waals surface area contributed by atoms with Crippen LogP contribution in [0, 0.1) is 0 Å². The van der Waals surface area contributed by atoms with E-state index in [0.717, 1.165) is 17.7 Å². The van der Waals surface area contributed by atoms with Crippen molar-refractivity contribution in [3.05, 3.63) is 76.0 Å². The highest BCUT2D eigenvalue weighted by atomic mass is 35.5. The van der Waals surface area contributed by atoms with Gasteiger partial charge in [-0.3, -0.25) is 9.78 Å². The molecule has 4 aromatic rings. The van der Waals surface area contributed by atoms with Gasteiger partial charge < -0.3 is 35.8 Å². The largest absolute Gasteiger partial charge is 0.493 e. The van der Waals surface area contributed by atoms with Crippen molar-refractivity contribution < 1.29 is 19.4 Å². The van der Waals surface area contributed by atoms with E-state index in [1.54, 1.807) is 26.5 Å². The maximum absolute atomic E-state index is 11.5. The van der Waals surface area contributed by atoms with Crippen molar-refractivity contribution in [3.63, 3.8) is 0 Å². The monoisotopic (exact) mass is 651 g/mol. The van der Waals surface area contributed by atoms with E-state index >= 15 is 0 Å². The molecule has 1 amide bonds. The number of benzene rings is 1. The molecule has 1 atom stereocenters. The number of hydrogen-bond acceptors (Lipinski definition) is 10. The quantitative estimate of drug-likeness (QED) is 0.122. The maximum atomic E-state index is 11.5. The lowest BCUT2D eigenvalue weighted by molar-refractivity contribution is -0.119. The number of pyridine rings is 3. The van der Waals surface area contributed by atoms with E-state index in [1.807, 2.05) is 42.5 Å². The molecular weight excluding hydrogens is 617 g/mol. The van der Waals surface area contributed by atoms with Crippen LogP contribution >= 0.6 is 23.2 Å². The van der Waals surface area contributed by atoms with Crippen molar-refractivity contribution in [3.8, 4) is 34.1 Å². The Morgan fingerprint density at radius 2 is 1.84 bits per heavy atom. The SMILES string of the molecule is COc1ccc(CNCCO)nc1Nc1cccc(-c2nccc(-c3ccc(CNCC4CCC(=O)N4)c(OC)n3)c2Cl)c1Cl. The van der Waals surface area contributed by atoms with Crippen LogP contribution in [0.1, 0.15) is 24.1 Å². The molecule has 1 aliphatic heterocycles. The van der Waals surface area contributed by atoms with Gasteiger partial charge in [0.05, 0.1) is 53.6 Å². The van der Waals surface area contributed by atoms with Gasteiger partial charge in [-0.15, -0.1) is 0 Å². The molecular formula is C32H35Cl2N7O4. The van der Waals surface area contributed by atoms with Crippen molar-refractivity contribution in [1.82, 2.24) is 30.9 Å². The van der Waals surface area contributed by atoms with Crippen molar-refractivity contribution in [2.45, 2.75) is 32.0 Å². The Labute approximate surface area is 271 Å². The Morgan fingerprint density at radius 3 is 2.60 bits per heavy atom. The number of methoxy groups -OCH3 is 2. The topological polar surface area (TPSA) is 143 Å². The Morgan fingerprint density at radius 1 is 0.978 bits per heavy atom. The summed E-state index contributed by atoms with van der Waals surface area (Å²) in [5, 5.41) is 22.6. The average Bonchev–Trinajstić information content (AvgIpc) is 3.47. The number of carbonyl (C=O) groups excluding carboxylic acids is 1. The molecule has 5 N–H and O–H groups in total. The van der Waals surface area contributed by atoms with Gasteiger partial charge in [0, 0.05) is 61.5 Å². The van der Waals surface area contributed by atoms with Gasteiger partial charge in [-0.1, -0.05) is 41.4 Å². The van der Waals surface area contributed by atoms with Crippen molar-refractivity contribution in [1.29, 1.82) is 0 Å². The van der Waals surface area contributed by atoms with Crippen LogP contribution in [0.15, 0.2) is 54.7 Å². The van der Waals surface area contributed by atoms with Crippen LogP contribution in [0.5, 0.6) is 11.6 Å². The summed E-state index contributed by atoms with van der Waals surface area (Å²) in [5.74, 6) is 1.61. The van der Waals surface area contributed by atoms with Gasteiger partial charge in [0.15, 0.2) is 11.6 Å². The van der Waals surface area contributed by atoms with Gasteiger partial charge in [0.25, 0.3) is 0 Å². The normalized spacial score (nSPS) is 14.3. The Kier molecular flexibility index (Phi) is 11.0. The molecule has 4 heterocycles. The maximum Gasteiger partial charge on any atom is 0.220 e. The Balaban J connectivity index is 1.38. The Hall–Kier alpha value is -4.00. The van der Waals surface area contributed by atoms with Gasteiger partial charge in [0.1, 0.15) is 0 Å². The van der Waals surface area contributed by atoms with Gasteiger partial charge in [-0.2, -0.15) is 0 Å². The van der Waals surface area contributed by atoms with Gasteiger partial charge in [0.2, 0.25) is 11.8 Å². The first kappa shape index (κ1) is 32.4. The van der Waals surface area contributed by atoms with Crippen LogP contribution in [-0.4, -0.2) is 65.9 Å². The smallest absolute Gasteiger partial charge is 0.220 e. The summed E-state index contributed by atoms with van der Waals surface area (Å²) in [7, 11) is 3.15. The fourth-order valence-electron chi connectivity index (χ4n) is 5.05. The third-order valence-corrected chi connectivity index (χ3v) is 8.12. The number of hydrogen-bond donors (Lipinski definition) is 5. The van der Waals surface area contributed by atoms with Crippen molar-refractivity contribution in [2.75, 3.05) is 39.2 Å². The summed E-state index contributed by atoms with van der Waals surface area (Å²) in [6.07, 6.45) is 3.06. The standard InChI is InChI=1S/C32H35Cl2N7O4/c1-44-26-10-7-21(17-35-14-15-42)39-31(26)40-25-5-3-4-23(28(25)33)30-29(34)22(12-13-37-30)24-9-6-19(32(41-24)45-2)16-36-18-20-8-11-27(43)38-20/h3-7,9-10,12-13,20,35-36,42H,8,11,14-18H2,1-2H3,(H,38,43)(H,39,40). The first-order valence-electron chi connectivity index (χ1n) is 14.5. The van der Waals surface area contributed by atoms with Crippen LogP contribution in [0.4, 0.5) is 11.5 Å². The first-order chi connectivity index (χ1) is 21.9. The molecule has 11 nitrogen and oxygen atoms in total. The molecule has 0 bridgehead atoms. The summed E-state index contributed by atoms with van der Waals surface area (Å²) in [4.78, 5) is 25.4. The first-order valence-corrected chi connectivity index (χ1v) is 15.3. The molecule has 3 aromatic heterocycles. The van der Waals surface area contributed by atoms with Gasteiger partial charge >= 0.3 is 0 Å². The lowest BCUT2D eigenvalue weighted by Gasteiger charge is -2.16. The minimum Gasteiger partial charge on any atom is -0.493 e. The van der Waals surface area contributed by atoms with E-state index in [9.17, 15) is 4.79 Å². The fourth-order valence-corrected chi connectivity index (χ4v) is 5.62. The molecule has 5 rings (SSSR count). The van der Waals surface area contributed by atoms with E-state index in [-0.39, 0.29) is 18.6 Å².